The highest BCUT2D eigenvalue weighted by Crippen LogP contribution is 2.26. The molecule has 1 aliphatic heterocycles. The molecule has 1 aromatic heterocycles. The molecule has 164 valence electrons. The first-order chi connectivity index (χ1) is 14.0. The summed E-state index contributed by atoms with van der Waals surface area (Å²) in [4.78, 5) is 16.2. The first kappa shape index (κ1) is 22.3. The number of hydrogen-bond acceptors (Lipinski definition) is 7. The van der Waals surface area contributed by atoms with Crippen molar-refractivity contribution >= 4 is 16.0 Å². The maximum Gasteiger partial charge on any atom is 0.309 e. The second kappa shape index (κ2) is 8.38. The molecule has 0 saturated carbocycles. The summed E-state index contributed by atoms with van der Waals surface area (Å²) in [6.45, 7) is 5.75. The van der Waals surface area contributed by atoms with Crippen molar-refractivity contribution in [1.82, 2.24) is 14.4 Å². The van der Waals surface area contributed by atoms with Crippen molar-refractivity contribution in [3.8, 4) is 0 Å². The lowest BCUT2D eigenvalue weighted by molar-refractivity contribution is -0.152. The molecule has 1 aliphatic rings. The van der Waals surface area contributed by atoms with Crippen LogP contribution in [-0.4, -0.2) is 41.9 Å². The van der Waals surface area contributed by atoms with Gasteiger partial charge in [0.1, 0.15) is 0 Å². The van der Waals surface area contributed by atoms with Gasteiger partial charge >= 0.3 is 5.97 Å². The van der Waals surface area contributed by atoms with E-state index in [1.807, 2.05) is 20.8 Å². The van der Waals surface area contributed by atoms with Gasteiger partial charge in [-0.3, -0.25) is 4.79 Å². The minimum atomic E-state index is -3.98. The van der Waals surface area contributed by atoms with Crippen molar-refractivity contribution < 1.29 is 31.3 Å². The third kappa shape index (κ3) is 4.84. The van der Waals surface area contributed by atoms with E-state index in [1.165, 1.54) is 0 Å². The van der Waals surface area contributed by atoms with E-state index < -0.39 is 33.5 Å². The maximum absolute atomic E-state index is 13.4. The molecule has 0 atom stereocenters. The average molecular weight is 443 g/mol. The predicted molar refractivity (Wildman–Crippen MR) is 101 cm³/mol. The van der Waals surface area contributed by atoms with Gasteiger partial charge in [0.2, 0.25) is 10.0 Å². The number of halogens is 2. The molecule has 2 heterocycles. The number of carbonyl (C=O) groups is 1. The van der Waals surface area contributed by atoms with Crippen LogP contribution >= 0.6 is 0 Å². The molecule has 2 aromatic rings. The van der Waals surface area contributed by atoms with Crippen LogP contribution in [0.25, 0.3) is 0 Å². The molecule has 1 fully saturated rings. The molecule has 0 bridgehead atoms. The zero-order chi connectivity index (χ0) is 22.1. The smallest absolute Gasteiger partial charge is 0.309 e. The maximum atomic E-state index is 13.4. The fraction of sp³-hybridized carbons (Fsp3) is 0.526. The average Bonchev–Trinajstić information content (AvgIpc) is 3.18. The highest BCUT2D eigenvalue weighted by atomic mass is 32.2. The number of ether oxygens (including phenoxy) is 1. The number of carbonyl (C=O) groups excluding carboxylic acids is 1. The van der Waals surface area contributed by atoms with Crippen LogP contribution in [0.1, 0.15) is 45.3 Å². The summed E-state index contributed by atoms with van der Waals surface area (Å²) in [6, 6.07) is 2.44. The Morgan fingerprint density at radius 2 is 1.90 bits per heavy atom. The molecule has 0 unspecified atom stereocenters. The molecule has 8 nitrogen and oxygen atoms in total. The molecule has 1 aromatic carbocycles. The lowest BCUT2D eigenvalue weighted by Gasteiger charge is -2.30. The van der Waals surface area contributed by atoms with Crippen molar-refractivity contribution in [1.29, 1.82) is 0 Å². The van der Waals surface area contributed by atoms with Crippen LogP contribution in [0.5, 0.6) is 0 Å². The molecule has 0 amide bonds. The fourth-order valence-corrected chi connectivity index (χ4v) is 4.47. The van der Waals surface area contributed by atoms with E-state index in [4.69, 9.17) is 9.26 Å². The Bertz CT molecular complexity index is 1030. The number of nitrogens with zero attached hydrogens (tertiary/aromatic N) is 3. The van der Waals surface area contributed by atoms with Crippen LogP contribution in [0.3, 0.4) is 0 Å². The summed E-state index contributed by atoms with van der Waals surface area (Å²) in [5.74, 6) is -2.62. The molecular weight excluding hydrogens is 420 g/mol. The molecule has 1 saturated heterocycles. The van der Waals surface area contributed by atoms with Gasteiger partial charge < -0.3 is 9.26 Å². The minimum absolute atomic E-state index is 0.0653. The Hall–Kier alpha value is -2.40. The lowest BCUT2D eigenvalue weighted by Crippen LogP contribution is -2.40. The molecular formula is C19H23F2N3O5S. The van der Waals surface area contributed by atoms with Crippen LogP contribution in [0.4, 0.5) is 8.78 Å². The summed E-state index contributed by atoms with van der Waals surface area (Å²) in [7, 11) is -3.98. The predicted octanol–water partition coefficient (Wildman–Crippen LogP) is 2.79. The third-order valence-electron chi connectivity index (χ3n) is 4.79. The highest BCUT2D eigenvalue weighted by molar-refractivity contribution is 7.89. The van der Waals surface area contributed by atoms with Gasteiger partial charge in [0.25, 0.3) is 5.89 Å². The topological polar surface area (TPSA) is 103 Å². The quantitative estimate of drug-likeness (QED) is 0.655. The lowest BCUT2D eigenvalue weighted by atomic mass is 9.96. The van der Waals surface area contributed by atoms with E-state index in [2.05, 4.69) is 10.1 Å². The van der Waals surface area contributed by atoms with Crippen LogP contribution in [0.2, 0.25) is 0 Å². The fourth-order valence-electron chi connectivity index (χ4n) is 2.99. The second-order valence-electron chi connectivity index (χ2n) is 8.12. The molecule has 11 heteroatoms. The van der Waals surface area contributed by atoms with Gasteiger partial charge in [-0.1, -0.05) is 25.9 Å². The molecule has 0 aliphatic carbocycles. The van der Waals surface area contributed by atoms with Gasteiger partial charge in [0.15, 0.2) is 24.1 Å². The van der Waals surface area contributed by atoms with Crippen molar-refractivity contribution in [2.75, 3.05) is 13.1 Å². The molecule has 0 N–H and O–H groups in total. The molecule has 30 heavy (non-hydrogen) atoms. The van der Waals surface area contributed by atoms with Gasteiger partial charge in [-0.25, -0.2) is 17.2 Å². The van der Waals surface area contributed by atoms with E-state index in [0.717, 1.165) is 16.4 Å². The standard InChI is InChI=1S/C19H23F2N3O5S/c1-19(2,3)18-22-16(29-23-18)11-28-17(25)12-6-8-24(9-7-12)30(26,27)13-4-5-14(20)15(21)10-13/h4-5,10,12H,6-9,11H2,1-3H3. The Morgan fingerprint density at radius 3 is 2.47 bits per heavy atom. The van der Waals surface area contributed by atoms with E-state index in [-0.39, 0.29) is 48.7 Å². The van der Waals surface area contributed by atoms with Gasteiger partial charge in [-0.2, -0.15) is 9.29 Å². The Balaban J connectivity index is 1.55. The number of benzene rings is 1. The molecule has 3 rings (SSSR count). The van der Waals surface area contributed by atoms with E-state index in [0.29, 0.717) is 11.9 Å². The van der Waals surface area contributed by atoms with Crippen molar-refractivity contribution in [2.24, 2.45) is 5.92 Å². The van der Waals surface area contributed by atoms with Gasteiger partial charge in [-0.15, -0.1) is 0 Å². The van der Waals surface area contributed by atoms with Crippen LogP contribution in [-0.2, 0) is 31.6 Å². The van der Waals surface area contributed by atoms with Crippen molar-refractivity contribution in [2.45, 2.75) is 50.5 Å². The van der Waals surface area contributed by atoms with E-state index in [1.54, 1.807) is 0 Å². The number of sulfonamides is 1. The number of hydrogen-bond donors (Lipinski definition) is 0. The third-order valence-corrected chi connectivity index (χ3v) is 6.69. The Kier molecular flexibility index (Phi) is 6.23. The number of piperidine rings is 1. The molecule has 0 spiro atoms. The summed E-state index contributed by atoms with van der Waals surface area (Å²) < 4.78 is 63.2. The SMILES string of the molecule is CC(C)(C)c1noc(COC(=O)C2CCN(S(=O)(=O)c3ccc(F)c(F)c3)CC2)n1. The number of rotatable bonds is 5. The van der Waals surface area contributed by atoms with E-state index >= 15 is 0 Å². The van der Waals surface area contributed by atoms with Gasteiger partial charge in [0.05, 0.1) is 10.8 Å². The van der Waals surface area contributed by atoms with E-state index in [9.17, 15) is 22.0 Å². The zero-order valence-corrected chi connectivity index (χ0v) is 17.7. The first-order valence-corrected chi connectivity index (χ1v) is 10.9. The van der Waals surface area contributed by atoms with Crippen molar-refractivity contribution in [3.63, 3.8) is 0 Å². The van der Waals surface area contributed by atoms with Crippen LogP contribution < -0.4 is 0 Å². The summed E-state index contributed by atoms with van der Waals surface area (Å²) >= 11 is 0. The second-order valence-corrected chi connectivity index (χ2v) is 10.1. The largest absolute Gasteiger partial charge is 0.455 e. The normalized spacial score (nSPS) is 16.6. The number of esters is 1. The zero-order valence-electron chi connectivity index (χ0n) is 16.9. The Labute approximate surface area is 173 Å². The summed E-state index contributed by atoms with van der Waals surface area (Å²) in [5.41, 5.74) is -0.294. The molecule has 0 radical (unpaired) electrons. The van der Waals surface area contributed by atoms with Crippen molar-refractivity contribution in [3.05, 3.63) is 41.5 Å². The summed E-state index contributed by atoms with van der Waals surface area (Å²) in [6.07, 6.45) is 0.498. The summed E-state index contributed by atoms with van der Waals surface area (Å²) in [5, 5.41) is 3.85. The first-order valence-electron chi connectivity index (χ1n) is 9.43. The van der Waals surface area contributed by atoms with Gasteiger partial charge in [-0.05, 0) is 31.0 Å². The monoisotopic (exact) mass is 443 g/mol. The Morgan fingerprint density at radius 1 is 1.23 bits per heavy atom. The highest BCUT2D eigenvalue weighted by Gasteiger charge is 2.33. The van der Waals surface area contributed by atoms with Crippen LogP contribution in [0, 0.1) is 17.6 Å². The van der Waals surface area contributed by atoms with Crippen LogP contribution in [0.15, 0.2) is 27.6 Å². The number of aromatic nitrogens is 2. The minimum Gasteiger partial charge on any atom is -0.455 e. The van der Waals surface area contributed by atoms with Gasteiger partial charge in [0, 0.05) is 18.5 Å².